The van der Waals surface area contributed by atoms with Crippen molar-refractivity contribution in [1.29, 1.82) is 0 Å². The number of primary sulfonamides is 1. The van der Waals surface area contributed by atoms with Crippen molar-refractivity contribution in [3.05, 3.63) is 58.1 Å². The molecule has 42 heavy (non-hydrogen) atoms. The van der Waals surface area contributed by atoms with E-state index >= 15 is 0 Å². The number of hydrogen-bond donors (Lipinski definition) is 2. The van der Waals surface area contributed by atoms with Crippen LogP contribution in [0.5, 0.6) is 5.75 Å². The Bertz CT molecular complexity index is 1510. The molecule has 226 valence electrons. The quantitative estimate of drug-likeness (QED) is 0.420. The molecule has 11 heteroatoms. The van der Waals surface area contributed by atoms with Gasteiger partial charge in [0.15, 0.2) is 0 Å². The average molecular weight is 616 g/mol. The third kappa shape index (κ3) is 5.73. The Morgan fingerprint density at radius 1 is 1.26 bits per heavy atom. The fourth-order valence-electron chi connectivity index (χ4n) is 7.20. The second kappa shape index (κ2) is 11.4. The van der Waals surface area contributed by atoms with Crippen LogP contribution in [0.25, 0.3) is 0 Å². The molecule has 2 aromatic carbocycles. The molecule has 0 aromatic heterocycles. The minimum Gasteiger partial charge on any atom is -0.490 e. The molecule has 2 unspecified atom stereocenters. The molecule has 1 fully saturated rings. The second-order valence-corrected chi connectivity index (χ2v) is 15.0. The molecule has 1 spiro atoms. The number of ether oxygens (including phenoxy) is 1. The van der Waals surface area contributed by atoms with Crippen LogP contribution in [0, 0.1) is 11.8 Å². The number of aryl methyl sites for hydroxylation is 1. The number of rotatable bonds is 8. The Morgan fingerprint density at radius 2 is 2.10 bits per heavy atom. The monoisotopic (exact) mass is 615 g/mol. The van der Waals surface area contributed by atoms with Crippen molar-refractivity contribution < 1.29 is 27.9 Å². The first kappa shape index (κ1) is 29.3. The molecule has 0 radical (unpaired) electrons. The lowest BCUT2D eigenvalue weighted by atomic mass is 9.68. The van der Waals surface area contributed by atoms with Crippen LogP contribution in [0.1, 0.15) is 73.4 Å². The maximum Gasteiger partial charge on any atom is 0.335 e. The van der Waals surface area contributed by atoms with Crippen LogP contribution < -0.4 is 14.8 Å². The lowest BCUT2D eigenvalue weighted by Crippen LogP contribution is -2.49. The number of halogens is 1. The number of carbonyl (C=O) groups is 1. The van der Waals surface area contributed by atoms with Crippen molar-refractivity contribution in [2.24, 2.45) is 22.1 Å². The van der Waals surface area contributed by atoms with E-state index in [-0.39, 0.29) is 17.1 Å². The van der Waals surface area contributed by atoms with E-state index in [0.29, 0.717) is 43.5 Å². The summed E-state index contributed by atoms with van der Waals surface area (Å²) in [6, 6.07) is 11.3. The van der Waals surface area contributed by atoms with Gasteiger partial charge in [0.2, 0.25) is 10.0 Å². The molecular formula is C31H38ClN3O6S. The summed E-state index contributed by atoms with van der Waals surface area (Å²) in [5.41, 5.74) is 4.24. The van der Waals surface area contributed by atoms with Crippen LogP contribution in [0.2, 0.25) is 5.02 Å². The molecule has 0 amide bonds. The summed E-state index contributed by atoms with van der Waals surface area (Å²) in [4.78, 5) is 20.2. The van der Waals surface area contributed by atoms with Gasteiger partial charge in [0.25, 0.3) is 0 Å². The zero-order valence-corrected chi connectivity index (χ0v) is 25.4. The summed E-state index contributed by atoms with van der Waals surface area (Å²) in [5.74, 6) is 0.403. The molecule has 4 aliphatic rings. The smallest absolute Gasteiger partial charge is 0.335 e. The number of anilines is 1. The van der Waals surface area contributed by atoms with Crippen molar-refractivity contribution in [2.75, 3.05) is 24.6 Å². The molecule has 6 rings (SSSR count). The Labute approximate surface area is 252 Å². The molecule has 9 nitrogen and oxygen atoms in total. The molecule has 3 N–H and O–H groups in total. The number of fused-ring (bicyclic) bond motifs is 3. The number of hydrogen-bond acceptors (Lipinski definition) is 7. The van der Waals surface area contributed by atoms with Crippen LogP contribution in [-0.4, -0.2) is 56.3 Å². The minimum absolute atomic E-state index is 0.0388. The first-order chi connectivity index (χ1) is 20.0. The Morgan fingerprint density at radius 3 is 2.83 bits per heavy atom. The van der Waals surface area contributed by atoms with Crippen molar-refractivity contribution >= 4 is 39.0 Å². The number of benzene rings is 2. The summed E-state index contributed by atoms with van der Waals surface area (Å²) in [6.07, 6.45) is 6.70. The Kier molecular flexibility index (Phi) is 7.91. The van der Waals surface area contributed by atoms with Gasteiger partial charge in [0, 0.05) is 35.9 Å². The van der Waals surface area contributed by atoms with Crippen LogP contribution in [-0.2, 0) is 26.7 Å². The maximum atomic E-state index is 11.9. The molecule has 5 atom stereocenters. The standard InChI is InChI=1S/C31H38ClN3O6S/c1-19(42(33,38)39)4-8-24-15-29(41-34-24)25-9-5-22(25)16-35-17-31(12-2-3-20-13-23(32)7-10-26(20)31)18-40-28-11-6-21(30(36)37)14-27(28)35/h6-7,10-11,13-14,19,22,25,29H,2-5,8-9,12,15-18H2,1H3,(H,36,37)(H2,33,38,39)/t19?,22-,25+,29-,31?/m0/s1. The highest BCUT2D eigenvalue weighted by Crippen LogP contribution is 2.47. The number of aromatic carboxylic acids is 1. The maximum absolute atomic E-state index is 11.9. The predicted octanol–water partition coefficient (Wildman–Crippen LogP) is 5.14. The van der Waals surface area contributed by atoms with Gasteiger partial charge in [-0.15, -0.1) is 0 Å². The molecular weight excluding hydrogens is 578 g/mol. The largest absolute Gasteiger partial charge is 0.490 e. The van der Waals surface area contributed by atoms with Crippen LogP contribution in [0.15, 0.2) is 41.6 Å². The number of sulfonamides is 1. The first-order valence-corrected chi connectivity index (χ1v) is 16.8. The van der Waals surface area contributed by atoms with Crippen molar-refractivity contribution in [2.45, 2.75) is 75.1 Å². The van der Waals surface area contributed by atoms with Gasteiger partial charge in [-0.3, -0.25) is 0 Å². The summed E-state index contributed by atoms with van der Waals surface area (Å²) in [6.45, 7) is 3.62. The Balaban J connectivity index is 1.22. The van der Waals surface area contributed by atoms with E-state index in [2.05, 4.69) is 22.2 Å². The van der Waals surface area contributed by atoms with Gasteiger partial charge in [-0.2, -0.15) is 0 Å². The number of carboxylic acids is 1. The molecule has 0 bridgehead atoms. The van der Waals surface area contributed by atoms with Crippen LogP contribution in [0.4, 0.5) is 5.69 Å². The van der Waals surface area contributed by atoms with E-state index in [1.54, 1.807) is 25.1 Å². The van der Waals surface area contributed by atoms with Gasteiger partial charge in [-0.25, -0.2) is 18.4 Å². The molecule has 2 heterocycles. The zero-order chi connectivity index (χ0) is 29.6. The molecule has 1 saturated carbocycles. The fourth-order valence-corrected chi connectivity index (χ4v) is 7.84. The van der Waals surface area contributed by atoms with Crippen molar-refractivity contribution in [1.82, 2.24) is 0 Å². The average Bonchev–Trinajstić information content (AvgIpc) is 3.33. The second-order valence-electron chi connectivity index (χ2n) is 12.5. The normalized spacial score (nSPS) is 27.5. The molecule has 2 aliphatic carbocycles. The highest BCUT2D eigenvalue weighted by molar-refractivity contribution is 7.89. The summed E-state index contributed by atoms with van der Waals surface area (Å²) in [5, 5.41) is 19.5. The van der Waals surface area contributed by atoms with Gasteiger partial charge in [0.1, 0.15) is 11.9 Å². The van der Waals surface area contributed by atoms with Gasteiger partial charge < -0.3 is 19.6 Å². The van der Waals surface area contributed by atoms with Crippen LogP contribution >= 0.6 is 11.6 Å². The summed E-state index contributed by atoms with van der Waals surface area (Å²) in [7, 11) is -3.57. The number of carboxylic acid groups (broad SMARTS) is 1. The highest BCUT2D eigenvalue weighted by Gasteiger charge is 2.45. The van der Waals surface area contributed by atoms with Gasteiger partial charge in [-0.1, -0.05) is 22.8 Å². The molecule has 2 aromatic rings. The van der Waals surface area contributed by atoms with Crippen molar-refractivity contribution in [3.8, 4) is 5.75 Å². The van der Waals surface area contributed by atoms with E-state index in [1.807, 2.05) is 6.07 Å². The third-order valence-electron chi connectivity index (χ3n) is 9.85. The summed E-state index contributed by atoms with van der Waals surface area (Å²) >= 11 is 6.37. The SMILES string of the molecule is CC(CCC1=NO[C@H]([C@@H]2CC[C@H]2CN2CC3(CCCc4cc(Cl)ccc43)COc3ccc(C(=O)O)cc32)C1)S(N)(=O)=O. The molecule has 2 aliphatic heterocycles. The Hall–Kier alpha value is -2.82. The fraction of sp³-hybridized carbons (Fsp3) is 0.548. The third-order valence-corrected chi connectivity index (χ3v) is 11.4. The van der Waals surface area contributed by atoms with Gasteiger partial charge in [-0.05, 0) is 99.2 Å². The van der Waals surface area contributed by atoms with Gasteiger partial charge in [0.05, 0.1) is 28.8 Å². The highest BCUT2D eigenvalue weighted by atomic mass is 35.5. The first-order valence-electron chi connectivity index (χ1n) is 14.8. The van der Waals surface area contributed by atoms with Crippen LogP contribution in [0.3, 0.4) is 0 Å². The lowest BCUT2D eigenvalue weighted by molar-refractivity contribution is -0.0213. The lowest BCUT2D eigenvalue weighted by Gasteiger charge is -2.45. The van der Waals surface area contributed by atoms with Gasteiger partial charge >= 0.3 is 5.97 Å². The number of nitrogens with two attached hydrogens (primary N) is 1. The predicted molar refractivity (Wildman–Crippen MR) is 162 cm³/mol. The summed E-state index contributed by atoms with van der Waals surface area (Å²) < 4.78 is 29.7. The minimum atomic E-state index is -3.57. The van der Waals surface area contributed by atoms with E-state index in [1.165, 1.54) is 11.1 Å². The topological polar surface area (TPSA) is 132 Å². The zero-order valence-electron chi connectivity index (χ0n) is 23.8. The number of oxime groups is 1. The van der Waals surface area contributed by atoms with E-state index in [0.717, 1.165) is 61.6 Å². The van der Waals surface area contributed by atoms with Crippen molar-refractivity contribution in [3.63, 3.8) is 0 Å². The van der Waals surface area contributed by atoms with E-state index in [9.17, 15) is 18.3 Å². The molecule has 0 saturated heterocycles. The number of nitrogens with zero attached hydrogens (tertiary/aromatic N) is 2. The van der Waals surface area contributed by atoms with E-state index < -0.39 is 21.2 Å². The van der Waals surface area contributed by atoms with E-state index in [4.69, 9.17) is 26.3 Å².